The largest absolute Gasteiger partial charge is 0.492 e. The summed E-state index contributed by atoms with van der Waals surface area (Å²) in [5.74, 6) is 0.884. The lowest BCUT2D eigenvalue weighted by molar-refractivity contribution is 0.0893. The second-order valence-electron chi connectivity index (χ2n) is 7.94. The van der Waals surface area contributed by atoms with Gasteiger partial charge in [0.25, 0.3) is 5.91 Å². The molecule has 1 atom stereocenters. The summed E-state index contributed by atoms with van der Waals surface area (Å²) >= 11 is 0. The molecule has 2 aromatic carbocycles. The van der Waals surface area contributed by atoms with Crippen molar-refractivity contribution in [3.8, 4) is 17.2 Å². The molecule has 2 heterocycles. The van der Waals surface area contributed by atoms with Crippen molar-refractivity contribution < 1.29 is 19.1 Å². The SMILES string of the molecule is CCCOc1c(C(=O)NC(CO)C(C)C)ccc2n[nH]c(-c3cc4ccccc4o3)c12. The molecule has 0 radical (unpaired) electrons. The Morgan fingerprint density at radius 2 is 2.06 bits per heavy atom. The van der Waals surface area contributed by atoms with Crippen molar-refractivity contribution in [1.29, 1.82) is 0 Å². The minimum absolute atomic E-state index is 0.0951. The van der Waals surface area contributed by atoms with E-state index < -0.39 is 0 Å². The van der Waals surface area contributed by atoms with Gasteiger partial charge in [-0.05, 0) is 36.6 Å². The zero-order valence-electron chi connectivity index (χ0n) is 17.9. The molecule has 0 spiro atoms. The zero-order chi connectivity index (χ0) is 22.0. The van der Waals surface area contributed by atoms with Crippen LogP contribution in [0.1, 0.15) is 37.6 Å². The number of nitrogens with one attached hydrogen (secondary N) is 2. The van der Waals surface area contributed by atoms with Crippen LogP contribution in [0.4, 0.5) is 0 Å². The normalized spacial score (nSPS) is 12.5. The standard InChI is InChI=1S/C24H27N3O4/c1-4-11-30-23-16(24(29)25-18(13-28)14(2)3)9-10-17-21(23)22(27-26-17)20-12-15-7-5-6-8-19(15)31-20/h5-10,12,14,18,28H,4,11,13H2,1-3H3,(H,25,29)(H,26,27). The molecule has 0 aliphatic carbocycles. The number of rotatable bonds is 8. The number of carbonyl (C=O) groups excluding carboxylic acids is 1. The molecule has 0 bridgehead atoms. The number of aliphatic hydroxyl groups excluding tert-OH is 1. The first-order chi connectivity index (χ1) is 15.0. The summed E-state index contributed by atoms with van der Waals surface area (Å²) < 4.78 is 12.1. The molecule has 0 fully saturated rings. The Bertz CT molecular complexity index is 1180. The average molecular weight is 421 g/mol. The number of aromatic nitrogens is 2. The van der Waals surface area contributed by atoms with E-state index in [0.717, 1.165) is 17.4 Å². The number of para-hydroxylation sites is 1. The smallest absolute Gasteiger partial charge is 0.255 e. The molecule has 1 unspecified atom stereocenters. The summed E-state index contributed by atoms with van der Waals surface area (Å²) in [5.41, 5.74) is 2.52. The van der Waals surface area contributed by atoms with Crippen molar-refractivity contribution in [2.45, 2.75) is 33.2 Å². The number of hydrogen-bond donors (Lipinski definition) is 3. The number of carbonyl (C=O) groups is 1. The van der Waals surface area contributed by atoms with E-state index in [1.165, 1.54) is 0 Å². The van der Waals surface area contributed by atoms with Gasteiger partial charge in [-0.15, -0.1) is 0 Å². The molecule has 2 aromatic heterocycles. The number of hydrogen-bond acceptors (Lipinski definition) is 5. The van der Waals surface area contributed by atoms with E-state index in [4.69, 9.17) is 9.15 Å². The Hall–Kier alpha value is -3.32. The molecular formula is C24H27N3O4. The maximum absolute atomic E-state index is 13.1. The fraction of sp³-hybridized carbons (Fsp3) is 0.333. The molecule has 0 saturated heterocycles. The number of nitrogens with zero attached hydrogens (tertiary/aromatic N) is 1. The van der Waals surface area contributed by atoms with E-state index in [1.54, 1.807) is 12.1 Å². The fourth-order valence-electron chi connectivity index (χ4n) is 3.56. The number of benzene rings is 2. The highest BCUT2D eigenvalue weighted by molar-refractivity contribution is 6.07. The quantitative estimate of drug-likeness (QED) is 0.389. The lowest BCUT2D eigenvalue weighted by atomic mass is 10.0. The number of ether oxygens (including phenoxy) is 1. The molecule has 4 rings (SSSR count). The lowest BCUT2D eigenvalue weighted by Gasteiger charge is -2.21. The van der Waals surface area contributed by atoms with Crippen molar-refractivity contribution in [3.05, 3.63) is 48.0 Å². The molecule has 4 aromatic rings. The summed E-state index contributed by atoms with van der Waals surface area (Å²) in [5, 5.41) is 21.7. The van der Waals surface area contributed by atoms with Crippen LogP contribution in [0, 0.1) is 5.92 Å². The van der Waals surface area contributed by atoms with Crippen LogP contribution in [-0.2, 0) is 0 Å². The van der Waals surface area contributed by atoms with Crippen LogP contribution in [0.5, 0.6) is 5.75 Å². The average Bonchev–Trinajstić information content (AvgIpc) is 3.39. The van der Waals surface area contributed by atoms with Gasteiger partial charge in [-0.2, -0.15) is 5.10 Å². The van der Waals surface area contributed by atoms with Gasteiger partial charge in [0.1, 0.15) is 17.0 Å². The van der Waals surface area contributed by atoms with E-state index in [9.17, 15) is 9.90 Å². The molecular weight excluding hydrogens is 394 g/mol. The van der Waals surface area contributed by atoms with Gasteiger partial charge >= 0.3 is 0 Å². The van der Waals surface area contributed by atoms with E-state index in [1.807, 2.05) is 51.1 Å². The van der Waals surface area contributed by atoms with E-state index in [2.05, 4.69) is 15.5 Å². The molecule has 7 nitrogen and oxygen atoms in total. The summed E-state index contributed by atoms with van der Waals surface area (Å²) in [6.07, 6.45) is 0.792. The molecule has 162 valence electrons. The minimum atomic E-state index is -0.346. The van der Waals surface area contributed by atoms with Crippen LogP contribution >= 0.6 is 0 Å². The molecule has 0 aliphatic heterocycles. The Kier molecular flexibility index (Phi) is 5.95. The first-order valence-electron chi connectivity index (χ1n) is 10.6. The molecule has 7 heteroatoms. The summed E-state index contributed by atoms with van der Waals surface area (Å²) in [6, 6.07) is 12.9. The molecule has 0 saturated carbocycles. The van der Waals surface area contributed by atoms with Crippen LogP contribution in [0.15, 0.2) is 46.9 Å². The van der Waals surface area contributed by atoms with Crippen LogP contribution in [-0.4, -0.2) is 40.5 Å². The van der Waals surface area contributed by atoms with Gasteiger partial charge in [-0.1, -0.05) is 39.0 Å². The van der Waals surface area contributed by atoms with Crippen molar-refractivity contribution in [3.63, 3.8) is 0 Å². The highest BCUT2D eigenvalue weighted by Gasteiger charge is 2.24. The zero-order valence-corrected chi connectivity index (χ0v) is 17.9. The third-order valence-corrected chi connectivity index (χ3v) is 5.36. The van der Waals surface area contributed by atoms with Crippen molar-refractivity contribution >= 4 is 27.8 Å². The van der Waals surface area contributed by atoms with Crippen LogP contribution in [0.2, 0.25) is 0 Å². The van der Waals surface area contributed by atoms with Gasteiger partial charge < -0.3 is 19.6 Å². The maximum Gasteiger partial charge on any atom is 0.255 e. The maximum atomic E-state index is 13.1. The highest BCUT2D eigenvalue weighted by atomic mass is 16.5. The van der Waals surface area contributed by atoms with Crippen LogP contribution in [0.25, 0.3) is 33.3 Å². The minimum Gasteiger partial charge on any atom is -0.492 e. The second-order valence-corrected chi connectivity index (χ2v) is 7.94. The number of aromatic amines is 1. The molecule has 1 amide bonds. The number of aliphatic hydroxyl groups is 1. The molecule has 3 N–H and O–H groups in total. The van der Waals surface area contributed by atoms with Gasteiger partial charge in [-0.3, -0.25) is 9.89 Å². The summed E-state index contributed by atoms with van der Waals surface area (Å²) in [7, 11) is 0. The molecule has 31 heavy (non-hydrogen) atoms. The second kappa shape index (κ2) is 8.81. The van der Waals surface area contributed by atoms with Crippen LogP contribution < -0.4 is 10.1 Å². The first kappa shape index (κ1) is 20.9. The first-order valence-corrected chi connectivity index (χ1v) is 10.6. The number of furan rings is 1. The van der Waals surface area contributed by atoms with Crippen molar-refractivity contribution in [2.75, 3.05) is 13.2 Å². The predicted molar refractivity (Wildman–Crippen MR) is 120 cm³/mol. The van der Waals surface area contributed by atoms with Gasteiger partial charge in [-0.25, -0.2) is 0 Å². The number of amides is 1. The number of H-pyrrole nitrogens is 1. The molecule has 0 aliphatic rings. The summed E-state index contributed by atoms with van der Waals surface area (Å²) in [4.78, 5) is 13.1. The predicted octanol–water partition coefficient (Wildman–Crippen LogP) is 4.51. The Balaban J connectivity index is 1.84. The topological polar surface area (TPSA) is 100 Å². The van der Waals surface area contributed by atoms with E-state index >= 15 is 0 Å². The van der Waals surface area contributed by atoms with Gasteiger partial charge in [0.2, 0.25) is 0 Å². The monoisotopic (exact) mass is 421 g/mol. The third-order valence-electron chi connectivity index (χ3n) is 5.36. The number of fused-ring (bicyclic) bond motifs is 2. The Labute approximate surface area is 180 Å². The Morgan fingerprint density at radius 3 is 2.77 bits per heavy atom. The third kappa shape index (κ3) is 4.01. The van der Waals surface area contributed by atoms with Gasteiger partial charge in [0.05, 0.1) is 35.7 Å². The summed E-state index contributed by atoms with van der Waals surface area (Å²) in [6.45, 7) is 6.24. The highest BCUT2D eigenvalue weighted by Crippen LogP contribution is 2.38. The fourth-order valence-corrected chi connectivity index (χ4v) is 3.56. The van der Waals surface area contributed by atoms with Gasteiger partial charge in [0.15, 0.2) is 5.76 Å². The van der Waals surface area contributed by atoms with E-state index in [0.29, 0.717) is 40.3 Å². The van der Waals surface area contributed by atoms with E-state index in [-0.39, 0.29) is 24.5 Å². The Morgan fingerprint density at radius 1 is 1.26 bits per heavy atom. The van der Waals surface area contributed by atoms with Crippen LogP contribution in [0.3, 0.4) is 0 Å². The lowest BCUT2D eigenvalue weighted by Crippen LogP contribution is -2.41. The van der Waals surface area contributed by atoms with Crippen molar-refractivity contribution in [1.82, 2.24) is 15.5 Å². The van der Waals surface area contributed by atoms with Crippen molar-refractivity contribution in [2.24, 2.45) is 5.92 Å². The van der Waals surface area contributed by atoms with Gasteiger partial charge in [0, 0.05) is 5.39 Å².